The van der Waals surface area contributed by atoms with Crippen molar-refractivity contribution < 1.29 is 5.11 Å². The summed E-state index contributed by atoms with van der Waals surface area (Å²) in [5, 5.41) is 9.47. The van der Waals surface area contributed by atoms with E-state index in [2.05, 4.69) is 19.9 Å². The fourth-order valence-corrected chi connectivity index (χ4v) is 2.03. The number of aromatic hydroxyl groups is 1. The van der Waals surface area contributed by atoms with Gasteiger partial charge in [0, 0.05) is 0 Å². The van der Waals surface area contributed by atoms with Gasteiger partial charge in [0.25, 0.3) is 0 Å². The van der Waals surface area contributed by atoms with Gasteiger partial charge in [-0.15, -0.1) is 0 Å². The van der Waals surface area contributed by atoms with E-state index in [-0.39, 0.29) is 0 Å². The lowest BCUT2D eigenvalue weighted by Crippen LogP contribution is -1.94. The van der Waals surface area contributed by atoms with Gasteiger partial charge in [-0.2, -0.15) is 0 Å². The van der Waals surface area contributed by atoms with Crippen LogP contribution in [-0.2, 0) is 0 Å². The SMILES string of the molecule is CCCCCCC(C)c1ccc(O)c(C)c1. The van der Waals surface area contributed by atoms with Gasteiger partial charge in [-0.3, -0.25) is 0 Å². The normalized spacial score (nSPS) is 12.7. The molecule has 1 rings (SSSR count). The second-order valence-electron chi connectivity index (χ2n) is 4.80. The van der Waals surface area contributed by atoms with E-state index in [4.69, 9.17) is 0 Å². The molecule has 0 spiro atoms. The first-order chi connectivity index (χ1) is 7.65. The van der Waals surface area contributed by atoms with Gasteiger partial charge in [0.1, 0.15) is 5.75 Å². The number of hydrogen-bond acceptors (Lipinski definition) is 1. The number of phenols is 1. The van der Waals surface area contributed by atoms with Crippen LogP contribution in [0.5, 0.6) is 5.75 Å². The lowest BCUT2D eigenvalue weighted by molar-refractivity contribution is 0.470. The Bertz CT molecular complexity index is 317. The van der Waals surface area contributed by atoms with E-state index in [9.17, 15) is 5.11 Å². The summed E-state index contributed by atoms with van der Waals surface area (Å²) in [6.07, 6.45) is 6.56. The molecule has 0 saturated heterocycles. The molecule has 1 atom stereocenters. The summed E-state index contributed by atoms with van der Waals surface area (Å²) in [6, 6.07) is 5.97. The Balaban J connectivity index is 2.46. The molecule has 1 aromatic carbocycles. The fraction of sp³-hybridized carbons (Fsp3) is 0.600. The molecule has 1 aromatic rings. The molecule has 90 valence electrons. The molecule has 0 heterocycles. The molecule has 0 aliphatic carbocycles. The first-order valence-electron chi connectivity index (χ1n) is 6.44. The van der Waals surface area contributed by atoms with Crippen LogP contribution >= 0.6 is 0 Å². The molecule has 0 aromatic heterocycles. The summed E-state index contributed by atoms with van der Waals surface area (Å²) in [6.45, 7) is 6.48. The smallest absolute Gasteiger partial charge is 0.118 e. The minimum absolute atomic E-state index is 0.405. The van der Waals surface area contributed by atoms with E-state index in [1.54, 1.807) is 0 Å². The third kappa shape index (κ3) is 3.88. The van der Waals surface area contributed by atoms with Crippen LogP contribution in [-0.4, -0.2) is 5.11 Å². The van der Waals surface area contributed by atoms with Crippen LogP contribution in [0, 0.1) is 6.92 Å². The third-order valence-corrected chi connectivity index (χ3v) is 3.28. The Morgan fingerprint density at radius 2 is 1.94 bits per heavy atom. The molecule has 0 fully saturated rings. The average molecular weight is 220 g/mol. The molecule has 1 heteroatoms. The van der Waals surface area contributed by atoms with Crippen molar-refractivity contribution in [2.24, 2.45) is 0 Å². The number of aryl methyl sites for hydroxylation is 1. The number of rotatable bonds is 6. The van der Waals surface area contributed by atoms with Crippen molar-refractivity contribution >= 4 is 0 Å². The number of unbranched alkanes of at least 4 members (excludes halogenated alkanes) is 3. The van der Waals surface area contributed by atoms with Crippen molar-refractivity contribution in [3.05, 3.63) is 29.3 Å². The van der Waals surface area contributed by atoms with Crippen molar-refractivity contribution in [1.29, 1.82) is 0 Å². The minimum Gasteiger partial charge on any atom is -0.508 e. The van der Waals surface area contributed by atoms with Crippen molar-refractivity contribution in [2.45, 2.75) is 58.8 Å². The zero-order valence-electron chi connectivity index (χ0n) is 10.8. The second kappa shape index (κ2) is 6.57. The highest BCUT2D eigenvalue weighted by Crippen LogP contribution is 2.26. The molecule has 0 radical (unpaired) electrons. The van der Waals surface area contributed by atoms with Gasteiger partial charge in [-0.1, -0.05) is 51.7 Å². The Labute approximate surface area is 99.5 Å². The monoisotopic (exact) mass is 220 g/mol. The van der Waals surface area contributed by atoms with Crippen LogP contribution in [0.3, 0.4) is 0 Å². The van der Waals surface area contributed by atoms with Crippen molar-refractivity contribution in [2.75, 3.05) is 0 Å². The van der Waals surface area contributed by atoms with Gasteiger partial charge in [0.05, 0.1) is 0 Å². The van der Waals surface area contributed by atoms with Crippen LogP contribution in [0.4, 0.5) is 0 Å². The summed E-state index contributed by atoms with van der Waals surface area (Å²) in [7, 11) is 0. The predicted molar refractivity (Wildman–Crippen MR) is 70.0 cm³/mol. The van der Waals surface area contributed by atoms with E-state index in [0.717, 1.165) is 5.56 Å². The van der Waals surface area contributed by atoms with Gasteiger partial charge in [0.2, 0.25) is 0 Å². The molecule has 0 saturated carbocycles. The Morgan fingerprint density at radius 1 is 1.19 bits per heavy atom. The standard InChI is InChI=1S/C15H24O/c1-4-5-6-7-8-12(2)14-9-10-15(16)13(3)11-14/h9-12,16H,4-8H2,1-3H3. The highest BCUT2D eigenvalue weighted by atomic mass is 16.3. The lowest BCUT2D eigenvalue weighted by atomic mass is 9.93. The third-order valence-electron chi connectivity index (χ3n) is 3.28. The maximum Gasteiger partial charge on any atom is 0.118 e. The maximum absolute atomic E-state index is 9.47. The quantitative estimate of drug-likeness (QED) is 0.684. The van der Waals surface area contributed by atoms with E-state index in [1.807, 2.05) is 19.1 Å². The van der Waals surface area contributed by atoms with Crippen LogP contribution in [0.25, 0.3) is 0 Å². The van der Waals surface area contributed by atoms with Crippen LogP contribution in [0.15, 0.2) is 18.2 Å². The van der Waals surface area contributed by atoms with Gasteiger partial charge < -0.3 is 5.11 Å². The molecule has 16 heavy (non-hydrogen) atoms. The summed E-state index contributed by atoms with van der Waals surface area (Å²) in [5.74, 6) is 1.01. The number of benzene rings is 1. The Hall–Kier alpha value is -0.980. The molecule has 1 unspecified atom stereocenters. The van der Waals surface area contributed by atoms with Crippen molar-refractivity contribution in [3.8, 4) is 5.75 Å². The fourth-order valence-electron chi connectivity index (χ4n) is 2.03. The van der Waals surface area contributed by atoms with E-state index < -0.39 is 0 Å². The van der Waals surface area contributed by atoms with Crippen LogP contribution in [0.2, 0.25) is 0 Å². The summed E-state index contributed by atoms with van der Waals surface area (Å²) >= 11 is 0. The number of hydrogen-bond donors (Lipinski definition) is 1. The minimum atomic E-state index is 0.405. The van der Waals surface area contributed by atoms with Crippen molar-refractivity contribution in [1.82, 2.24) is 0 Å². The summed E-state index contributed by atoms with van der Waals surface area (Å²) < 4.78 is 0. The zero-order valence-corrected chi connectivity index (χ0v) is 10.8. The van der Waals surface area contributed by atoms with Crippen LogP contribution in [0.1, 0.15) is 63.0 Å². The van der Waals surface area contributed by atoms with Crippen molar-refractivity contribution in [3.63, 3.8) is 0 Å². The van der Waals surface area contributed by atoms with Gasteiger partial charge in [-0.25, -0.2) is 0 Å². The Kier molecular flexibility index (Phi) is 5.37. The molecule has 0 bridgehead atoms. The maximum atomic E-state index is 9.47. The largest absolute Gasteiger partial charge is 0.508 e. The van der Waals surface area contributed by atoms with E-state index >= 15 is 0 Å². The summed E-state index contributed by atoms with van der Waals surface area (Å²) in [5.41, 5.74) is 2.34. The highest BCUT2D eigenvalue weighted by Gasteiger charge is 2.06. The predicted octanol–water partition coefficient (Wildman–Crippen LogP) is 4.77. The summed E-state index contributed by atoms with van der Waals surface area (Å²) in [4.78, 5) is 0. The molecule has 0 aliphatic heterocycles. The lowest BCUT2D eigenvalue weighted by Gasteiger charge is -2.13. The second-order valence-corrected chi connectivity index (χ2v) is 4.80. The van der Waals surface area contributed by atoms with E-state index in [0.29, 0.717) is 11.7 Å². The highest BCUT2D eigenvalue weighted by molar-refractivity contribution is 5.36. The van der Waals surface area contributed by atoms with Gasteiger partial charge >= 0.3 is 0 Å². The van der Waals surface area contributed by atoms with Gasteiger partial charge in [-0.05, 0) is 36.5 Å². The number of phenolic OH excluding ortho intramolecular Hbond substituents is 1. The Morgan fingerprint density at radius 3 is 2.56 bits per heavy atom. The topological polar surface area (TPSA) is 20.2 Å². The zero-order chi connectivity index (χ0) is 12.0. The molecule has 1 nitrogen and oxygen atoms in total. The molecule has 0 amide bonds. The van der Waals surface area contributed by atoms with E-state index in [1.165, 1.54) is 37.7 Å². The van der Waals surface area contributed by atoms with Crippen LogP contribution < -0.4 is 0 Å². The van der Waals surface area contributed by atoms with Gasteiger partial charge in [0.15, 0.2) is 0 Å². The molecule has 0 aliphatic rings. The average Bonchev–Trinajstić information content (AvgIpc) is 2.28. The molecule has 1 N–H and O–H groups in total. The molecular formula is C15H24O. The first kappa shape index (κ1) is 13.1. The first-order valence-corrected chi connectivity index (χ1v) is 6.44. The molecular weight excluding hydrogens is 196 g/mol.